The molecule has 0 amide bonds. The van der Waals surface area contributed by atoms with E-state index in [1.54, 1.807) is 0 Å². The third kappa shape index (κ3) is 3.39. The van der Waals surface area contributed by atoms with Crippen molar-refractivity contribution in [2.75, 3.05) is 0 Å². The van der Waals surface area contributed by atoms with Crippen LogP contribution in [0.3, 0.4) is 0 Å². The highest BCUT2D eigenvalue weighted by Gasteiger charge is 2.43. The van der Waals surface area contributed by atoms with Crippen LogP contribution in [0.4, 0.5) is 13.2 Å². The minimum atomic E-state index is -4.09. The van der Waals surface area contributed by atoms with Gasteiger partial charge >= 0.3 is 6.18 Å². The number of hydrogen-bond donors (Lipinski definition) is 2. The Morgan fingerprint density at radius 2 is 2.12 bits per heavy atom. The Bertz CT molecular complexity index is 257. The number of rotatable bonds is 3. The lowest BCUT2D eigenvalue weighted by atomic mass is 9.77. The van der Waals surface area contributed by atoms with E-state index in [1.807, 2.05) is 0 Å². The topological polar surface area (TPSA) is 38.0 Å². The first-order valence-corrected chi connectivity index (χ1v) is 5.45. The van der Waals surface area contributed by atoms with Gasteiger partial charge in [-0.1, -0.05) is 6.42 Å². The Kier molecular flexibility index (Phi) is 4.63. The molecule has 1 fully saturated rings. The summed E-state index contributed by atoms with van der Waals surface area (Å²) in [5.41, 5.74) is 2.53. The van der Waals surface area contributed by atoms with E-state index in [0.29, 0.717) is 12.8 Å². The summed E-state index contributed by atoms with van der Waals surface area (Å²) < 4.78 is 37.7. The molecule has 3 unspecified atom stereocenters. The molecule has 92 valence electrons. The first-order chi connectivity index (χ1) is 7.49. The monoisotopic (exact) mass is 234 g/mol. The lowest BCUT2D eigenvalue weighted by Crippen LogP contribution is -2.43. The lowest BCUT2D eigenvalue weighted by molar-refractivity contribution is -0.186. The standard InChI is InChI=1S/C11H17F3N2/c1-2-4-10(16-15)8-5-3-6-9(7-8)11(12,13)14/h1,8-10,16H,3-7,15H2. The van der Waals surface area contributed by atoms with Gasteiger partial charge in [0.25, 0.3) is 0 Å². The summed E-state index contributed by atoms with van der Waals surface area (Å²) in [6.45, 7) is 0. The molecule has 3 atom stereocenters. The number of hydrazine groups is 1. The summed E-state index contributed by atoms with van der Waals surface area (Å²) in [5.74, 6) is 6.50. The number of nitrogens with one attached hydrogen (secondary N) is 1. The SMILES string of the molecule is C#CCC(NN)C1CCCC(C(F)(F)F)C1. The molecule has 0 spiro atoms. The smallest absolute Gasteiger partial charge is 0.271 e. The van der Waals surface area contributed by atoms with Crippen molar-refractivity contribution in [3.05, 3.63) is 0 Å². The van der Waals surface area contributed by atoms with Crippen LogP contribution in [0.25, 0.3) is 0 Å². The van der Waals surface area contributed by atoms with Crippen LogP contribution in [0.15, 0.2) is 0 Å². The zero-order valence-corrected chi connectivity index (χ0v) is 9.06. The van der Waals surface area contributed by atoms with Crippen molar-refractivity contribution in [1.29, 1.82) is 0 Å². The van der Waals surface area contributed by atoms with Crippen LogP contribution >= 0.6 is 0 Å². The molecule has 0 aromatic rings. The minimum Gasteiger partial charge on any atom is -0.271 e. The molecule has 5 heteroatoms. The van der Waals surface area contributed by atoms with E-state index in [-0.39, 0.29) is 24.8 Å². The van der Waals surface area contributed by atoms with Crippen molar-refractivity contribution in [3.63, 3.8) is 0 Å². The summed E-state index contributed by atoms with van der Waals surface area (Å²) in [7, 11) is 0. The molecule has 0 radical (unpaired) electrons. The van der Waals surface area contributed by atoms with Gasteiger partial charge in [-0.3, -0.25) is 11.3 Å². The maximum atomic E-state index is 12.6. The van der Waals surface area contributed by atoms with Crippen molar-refractivity contribution >= 4 is 0 Å². The second kappa shape index (κ2) is 5.55. The first kappa shape index (κ1) is 13.3. The maximum absolute atomic E-state index is 12.6. The Balaban J connectivity index is 2.59. The minimum absolute atomic E-state index is 0.0681. The fourth-order valence-corrected chi connectivity index (χ4v) is 2.38. The highest BCUT2D eigenvalue weighted by atomic mass is 19.4. The third-order valence-electron chi connectivity index (χ3n) is 3.30. The fourth-order valence-electron chi connectivity index (χ4n) is 2.38. The van der Waals surface area contributed by atoms with E-state index >= 15 is 0 Å². The van der Waals surface area contributed by atoms with Crippen LogP contribution in [0.1, 0.15) is 32.1 Å². The highest BCUT2D eigenvalue weighted by molar-refractivity contribution is 4.93. The van der Waals surface area contributed by atoms with Gasteiger partial charge in [-0.05, 0) is 25.2 Å². The molecular weight excluding hydrogens is 217 g/mol. The molecule has 1 rings (SSSR count). The summed E-state index contributed by atoms with van der Waals surface area (Å²) in [4.78, 5) is 0. The second-order valence-corrected chi connectivity index (χ2v) is 4.35. The molecule has 0 bridgehead atoms. The summed E-state index contributed by atoms with van der Waals surface area (Å²) in [6.07, 6.45) is 3.19. The molecule has 0 aromatic heterocycles. The third-order valence-corrected chi connectivity index (χ3v) is 3.30. The first-order valence-electron chi connectivity index (χ1n) is 5.45. The van der Waals surface area contributed by atoms with Crippen molar-refractivity contribution in [1.82, 2.24) is 5.43 Å². The van der Waals surface area contributed by atoms with Crippen LogP contribution in [0.5, 0.6) is 0 Å². The fraction of sp³-hybridized carbons (Fsp3) is 0.818. The van der Waals surface area contributed by atoms with Gasteiger partial charge < -0.3 is 0 Å². The highest BCUT2D eigenvalue weighted by Crippen LogP contribution is 2.41. The Hall–Kier alpha value is -0.730. The quantitative estimate of drug-likeness (QED) is 0.446. The van der Waals surface area contributed by atoms with E-state index in [0.717, 1.165) is 6.42 Å². The summed E-state index contributed by atoms with van der Waals surface area (Å²) in [5, 5.41) is 0. The van der Waals surface area contributed by atoms with E-state index in [9.17, 15) is 13.2 Å². The van der Waals surface area contributed by atoms with Crippen LogP contribution in [0, 0.1) is 24.2 Å². The van der Waals surface area contributed by atoms with Crippen molar-refractivity contribution in [2.45, 2.75) is 44.3 Å². The van der Waals surface area contributed by atoms with Crippen LogP contribution in [-0.4, -0.2) is 12.2 Å². The number of alkyl halides is 3. The summed E-state index contributed by atoms with van der Waals surface area (Å²) in [6, 6.07) is -0.199. The zero-order chi connectivity index (χ0) is 12.2. The number of halogens is 3. The van der Waals surface area contributed by atoms with Gasteiger partial charge in [0.2, 0.25) is 0 Å². The van der Waals surface area contributed by atoms with Crippen molar-refractivity contribution < 1.29 is 13.2 Å². The molecule has 0 aliphatic heterocycles. The molecule has 1 aliphatic carbocycles. The average Bonchev–Trinajstić information content (AvgIpc) is 2.25. The maximum Gasteiger partial charge on any atom is 0.391 e. The van der Waals surface area contributed by atoms with Crippen molar-refractivity contribution in [2.24, 2.45) is 17.7 Å². The molecule has 2 nitrogen and oxygen atoms in total. The van der Waals surface area contributed by atoms with Crippen molar-refractivity contribution in [3.8, 4) is 12.3 Å². The van der Waals surface area contributed by atoms with Gasteiger partial charge in [0.15, 0.2) is 0 Å². The molecule has 1 aliphatic rings. The Morgan fingerprint density at radius 1 is 1.44 bits per heavy atom. The van der Waals surface area contributed by atoms with Gasteiger partial charge in [0.05, 0.1) is 5.92 Å². The molecule has 0 aromatic carbocycles. The largest absolute Gasteiger partial charge is 0.391 e. The number of nitrogens with two attached hydrogens (primary N) is 1. The molecule has 1 saturated carbocycles. The van der Waals surface area contributed by atoms with Gasteiger partial charge in [0.1, 0.15) is 0 Å². The number of terminal acetylenes is 1. The van der Waals surface area contributed by atoms with Gasteiger partial charge in [0, 0.05) is 12.5 Å². The van der Waals surface area contributed by atoms with E-state index < -0.39 is 12.1 Å². The van der Waals surface area contributed by atoms with Crippen LogP contribution in [0.2, 0.25) is 0 Å². The summed E-state index contributed by atoms with van der Waals surface area (Å²) >= 11 is 0. The van der Waals surface area contributed by atoms with E-state index in [4.69, 9.17) is 12.3 Å². The molecule has 16 heavy (non-hydrogen) atoms. The van der Waals surface area contributed by atoms with E-state index in [1.165, 1.54) is 0 Å². The molecule has 0 saturated heterocycles. The molecule has 0 heterocycles. The number of hydrogen-bond acceptors (Lipinski definition) is 2. The lowest BCUT2D eigenvalue weighted by Gasteiger charge is -2.34. The predicted molar refractivity (Wildman–Crippen MR) is 56.1 cm³/mol. The average molecular weight is 234 g/mol. The predicted octanol–water partition coefficient (Wildman–Crippen LogP) is 2.21. The zero-order valence-electron chi connectivity index (χ0n) is 9.06. The Morgan fingerprint density at radius 3 is 2.62 bits per heavy atom. The van der Waals surface area contributed by atoms with Crippen LogP contribution < -0.4 is 11.3 Å². The molecule has 3 N–H and O–H groups in total. The second-order valence-electron chi connectivity index (χ2n) is 4.35. The van der Waals surface area contributed by atoms with Gasteiger partial charge in [-0.25, -0.2) is 0 Å². The van der Waals surface area contributed by atoms with Crippen LogP contribution in [-0.2, 0) is 0 Å². The molecular formula is C11H17F3N2. The Labute approximate surface area is 93.7 Å². The van der Waals surface area contributed by atoms with E-state index in [2.05, 4.69) is 11.3 Å². The van der Waals surface area contributed by atoms with Gasteiger partial charge in [-0.2, -0.15) is 13.2 Å². The van der Waals surface area contributed by atoms with Gasteiger partial charge in [-0.15, -0.1) is 12.3 Å². The normalized spacial score (nSPS) is 28.4.